The van der Waals surface area contributed by atoms with Crippen LogP contribution in [-0.4, -0.2) is 64.5 Å². The summed E-state index contributed by atoms with van der Waals surface area (Å²) in [6, 6.07) is 5.38. The van der Waals surface area contributed by atoms with E-state index in [9.17, 15) is 20.4 Å². The zero-order valence-corrected chi connectivity index (χ0v) is 11.7. The van der Waals surface area contributed by atoms with Crippen LogP contribution in [0.15, 0.2) is 18.2 Å². The van der Waals surface area contributed by atoms with Crippen molar-refractivity contribution in [3.63, 3.8) is 0 Å². The van der Waals surface area contributed by atoms with Crippen molar-refractivity contribution in [2.24, 2.45) is 0 Å². The second-order valence-electron chi connectivity index (χ2n) is 5.24. The highest BCUT2D eigenvalue weighted by molar-refractivity contribution is 5.44. The fourth-order valence-electron chi connectivity index (χ4n) is 2.39. The highest BCUT2D eigenvalue weighted by Crippen LogP contribution is 2.32. The van der Waals surface area contributed by atoms with Crippen LogP contribution in [0.3, 0.4) is 0 Å². The molecule has 1 aromatic rings. The Labute approximate surface area is 126 Å². The molecule has 2 aliphatic heterocycles. The van der Waals surface area contributed by atoms with Crippen LogP contribution in [0, 0.1) is 0 Å². The van der Waals surface area contributed by atoms with Crippen LogP contribution in [-0.2, 0) is 16.1 Å². The molecule has 0 aliphatic carbocycles. The molecule has 3 rings (SSSR count). The van der Waals surface area contributed by atoms with Gasteiger partial charge in [0.15, 0.2) is 17.8 Å². The molecule has 2 aliphatic rings. The monoisotopic (exact) mass is 314 g/mol. The van der Waals surface area contributed by atoms with Gasteiger partial charge >= 0.3 is 0 Å². The van der Waals surface area contributed by atoms with Gasteiger partial charge in [0.2, 0.25) is 6.79 Å². The Morgan fingerprint density at radius 3 is 2.59 bits per heavy atom. The molecule has 1 saturated heterocycles. The molecule has 122 valence electrons. The average molecular weight is 314 g/mol. The summed E-state index contributed by atoms with van der Waals surface area (Å²) in [6.45, 7) is 0.383. The lowest BCUT2D eigenvalue weighted by atomic mass is 9.99. The number of hydrogen-bond acceptors (Lipinski definition) is 8. The summed E-state index contributed by atoms with van der Waals surface area (Å²) < 4.78 is 20.9. The van der Waals surface area contributed by atoms with Crippen LogP contribution in [0.25, 0.3) is 0 Å². The molecule has 0 amide bonds. The van der Waals surface area contributed by atoms with Crippen LogP contribution in [0.1, 0.15) is 5.56 Å². The van der Waals surface area contributed by atoms with Gasteiger partial charge in [0.1, 0.15) is 24.4 Å². The molecule has 0 saturated carbocycles. The SMILES string of the molecule is O[C@@H]1[C@@H](O)[C@H](O)O[C@H](COCc2ccc3c(c2)OCO3)[C@H]1O. The van der Waals surface area contributed by atoms with E-state index in [1.54, 1.807) is 12.1 Å². The third-order valence-corrected chi connectivity index (χ3v) is 3.67. The molecule has 0 unspecified atom stereocenters. The van der Waals surface area contributed by atoms with E-state index < -0.39 is 30.7 Å². The molecule has 0 bridgehead atoms. The fourth-order valence-corrected chi connectivity index (χ4v) is 2.39. The van der Waals surface area contributed by atoms with Gasteiger partial charge in [-0.25, -0.2) is 0 Å². The average Bonchev–Trinajstić information content (AvgIpc) is 2.98. The molecule has 8 nitrogen and oxygen atoms in total. The number of aliphatic hydroxyl groups excluding tert-OH is 4. The maximum atomic E-state index is 9.79. The standard InChI is InChI=1S/C14H18O8/c15-11-10(22-14(18)13(17)12(11)16)5-19-4-7-1-2-8-9(3-7)21-6-20-8/h1-3,10-18H,4-6H2/t10-,11-,12+,13-,14-/m1/s1. The molecule has 0 spiro atoms. The molecule has 1 aromatic carbocycles. The van der Waals surface area contributed by atoms with Crippen LogP contribution in [0.4, 0.5) is 0 Å². The Kier molecular flexibility index (Phi) is 4.48. The van der Waals surface area contributed by atoms with E-state index in [0.717, 1.165) is 5.56 Å². The quantitative estimate of drug-likeness (QED) is 0.543. The number of aliphatic hydroxyl groups is 4. The number of ether oxygens (including phenoxy) is 4. The van der Waals surface area contributed by atoms with Gasteiger partial charge in [0.05, 0.1) is 13.2 Å². The predicted octanol–water partition coefficient (Wildman–Crippen LogP) is -1.27. The summed E-state index contributed by atoms with van der Waals surface area (Å²) in [5.74, 6) is 1.32. The van der Waals surface area contributed by atoms with Gasteiger partial charge in [-0.15, -0.1) is 0 Å². The van der Waals surface area contributed by atoms with E-state index in [2.05, 4.69) is 0 Å². The van der Waals surface area contributed by atoms with Crippen molar-refractivity contribution in [2.45, 2.75) is 37.3 Å². The molecule has 5 atom stereocenters. The van der Waals surface area contributed by atoms with Gasteiger partial charge in [0.25, 0.3) is 0 Å². The molecular formula is C14H18O8. The van der Waals surface area contributed by atoms with E-state index >= 15 is 0 Å². The second kappa shape index (κ2) is 6.37. The molecule has 1 fully saturated rings. The first-order valence-electron chi connectivity index (χ1n) is 6.90. The van der Waals surface area contributed by atoms with Gasteiger partial charge in [0, 0.05) is 0 Å². The molecule has 4 N–H and O–H groups in total. The lowest BCUT2D eigenvalue weighted by molar-refractivity contribution is -0.289. The van der Waals surface area contributed by atoms with E-state index in [1.807, 2.05) is 6.07 Å². The summed E-state index contributed by atoms with van der Waals surface area (Å²) >= 11 is 0. The van der Waals surface area contributed by atoms with E-state index in [1.165, 1.54) is 0 Å². The molecule has 22 heavy (non-hydrogen) atoms. The Morgan fingerprint density at radius 1 is 1.00 bits per heavy atom. The lowest BCUT2D eigenvalue weighted by Crippen LogP contribution is -2.58. The third kappa shape index (κ3) is 3.02. The topological polar surface area (TPSA) is 118 Å². The summed E-state index contributed by atoms with van der Waals surface area (Å²) in [5.41, 5.74) is 0.843. The van der Waals surface area contributed by atoms with Crippen molar-refractivity contribution in [3.8, 4) is 11.5 Å². The van der Waals surface area contributed by atoms with Crippen molar-refractivity contribution in [2.75, 3.05) is 13.4 Å². The zero-order chi connectivity index (χ0) is 15.7. The minimum atomic E-state index is -1.56. The van der Waals surface area contributed by atoms with E-state index in [0.29, 0.717) is 11.5 Å². The van der Waals surface area contributed by atoms with Crippen molar-refractivity contribution in [3.05, 3.63) is 23.8 Å². The second-order valence-corrected chi connectivity index (χ2v) is 5.24. The van der Waals surface area contributed by atoms with Crippen LogP contribution < -0.4 is 9.47 Å². The number of fused-ring (bicyclic) bond motifs is 1. The number of benzene rings is 1. The van der Waals surface area contributed by atoms with Gasteiger partial charge < -0.3 is 39.4 Å². The first-order chi connectivity index (χ1) is 10.6. The van der Waals surface area contributed by atoms with Crippen molar-refractivity contribution < 1.29 is 39.4 Å². The van der Waals surface area contributed by atoms with Gasteiger partial charge in [-0.3, -0.25) is 0 Å². The highest BCUT2D eigenvalue weighted by atomic mass is 16.7. The Hall–Kier alpha value is -1.42. The van der Waals surface area contributed by atoms with Crippen LogP contribution in [0.2, 0.25) is 0 Å². The fraction of sp³-hybridized carbons (Fsp3) is 0.571. The normalized spacial score (nSPS) is 33.9. The minimum Gasteiger partial charge on any atom is -0.454 e. The number of hydrogen-bond donors (Lipinski definition) is 4. The maximum absolute atomic E-state index is 9.79. The largest absolute Gasteiger partial charge is 0.454 e. The number of rotatable bonds is 4. The predicted molar refractivity (Wildman–Crippen MR) is 71.1 cm³/mol. The van der Waals surface area contributed by atoms with Crippen molar-refractivity contribution in [1.82, 2.24) is 0 Å². The molecule has 2 heterocycles. The van der Waals surface area contributed by atoms with Crippen LogP contribution in [0.5, 0.6) is 11.5 Å². The van der Waals surface area contributed by atoms with Crippen molar-refractivity contribution in [1.29, 1.82) is 0 Å². The van der Waals surface area contributed by atoms with Crippen LogP contribution >= 0.6 is 0 Å². The molecule has 0 radical (unpaired) electrons. The van der Waals surface area contributed by atoms with Gasteiger partial charge in [-0.05, 0) is 17.7 Å². The summed E-state index contributed by atoms with van der Waals surface area (Å²) in [7, 11) is 0. The molecule has 0 aromatic heterocycles. The third-order valence-electron chi connectivity index (χ3n) is 3.67. The van der Waals surface area contributed by atoms with E-state index in [4.69, 9.17) is 18.9 Å². The lowest BCUT2D eigenvalue weighted by Gasteiger charge is -2.38. The Bertz CT molecular complexity index is 522. The van der Waals surface area contributed by atoms with Gasteiger partial charge in [-0.1, -0.05) is 6.07 Å². The summed E-state index contributed by atoms with van der Waals surface area (Å²) in [5, 5.41) is 38.2. The first kappa shape index (κ1) is 15.5. The summed E-state index contributed by atoms with van der Waals surface area (Å²) in [6.07, 6.45) is -6.85. The Morgan fingerprint density at radius 2 is 1.77 bits per heavy atom. The minimum absolute atomic E-state index is 0.0452. The van der Waals surface area contributed by atoms with Crippen molar-refractivity contribution >= 4 is 0 Å². The van der Waals surface area contributed by atoms with Gasteiger partial charge in [-0.2, -0.15) is 0 Å². The molecule has 8 heteroatoms. The molecular weight excluding hydrogens is 296 g/mol. The van der Waals surface area contributed by atoms with E-state index in [-0.39, 0.29) is 20.0 Å². The highest BCUT2D eigenvalue weighted by Gasteiger charge is 2.42. The Balaban J connectivity index is 1.52. The summed E-state index contributed by atoms with van der Waals surface area (Å²) in [4.78, 5) is 0. The maximum Gasteiger partial charge on any atom is 0.231 e. The smallest absolute Gasteiger partial charge is 0.231 e. The zero-order valence-electron chi connectivity index (χ0n) is 11.7. The first-order valence-corrected chi connectivity index (χ1v) is 6.90.